The zero-order chi connectivity index (χ0) is 19.5. The summed E-state index contributed by atoms with van der Waals surface area (Å²) in [7, 11) is 0. The number of ether oxygens (including phenoxy) is 1. The van der Waals surface area contributed by atoms with E-state index >= 15 is 0 Å². The maximum atomic E-state index is 12.3. The fraction of sp³-hybridized carbons (Fsp3) is 0.476. The Balaban J connectivity index is 2.20. The molecule has 0 bridgehead atoms. The first-order valence-corrected chi connectivity index (χ1v) is 8.87. The molecule has 0 aromatic carbocycles. The number of hydrogen-bond donors (Lipinski definition) is 1. The highest BCUT2D eigenvalue weighted by Gasteiger charge is 2.48. The van der Waals surface area contributed by atoms with Gasteiger partial charge in [-0.25, -0.2) is 4.79 Å². The van der Waals surface area contributed by atoms with Gasteiger partial charge >= 0.3 is 11.9 Å². The first-order chi connectivity index (χ1) is 12.2. The summed E-state index contributed by atoms with van der Waals surface area (Å²) in [5, 5.41) is 9.21. The van der Waals surface area contributed by atoms with Gasteiger partial charge in [0.1, 0.15) is 6.10 Å². The molecule has 0 fully saturated rings. The van der Waals surface area contributed by atoms with Crippen LogP contribution in [0.4, 0.5) is 0 Å². The zero-order valence-electron chi connectivity index (χ0n) is 15.5. The highest BCUT2D eigenvalue weighted by atomic mass is 16.5. The summed E-state index contributed by atoms with van der Waals surface area (Å²) in [6.45, 7) is 9.43. The van der Waals surface area contributed by atoms with E-state index in [0.29, 0.717) is 19.3 Å². The van der Waals surface area contributed by atoms with Crippen LogP contribution < -0.4 is 0 Å². The molecule has 0 heterocycles. The Morgan fingerprint density at radius 2 is 2.15 bits per heavy atom. The summed E-state index contributed by atoms with van der Waals surface area (Å²) in [4.78, 5) is 35.6. The molecule has 2 aliphatic carbocycles. The molecule has 5 heteroatoms. The molecule has 4 unspecified atom stereocenters. The lowest BCUT2D eigenvalue weighted by molar-refractivity contribution is -0.151. The largest absolute Gasteiger partial charge is 0.478 e. The Bertz CT molecular complexity index is 712. The lowest BCUT2D eigenvalue weighted by Gasteiger charge is -2.46. The number of esters is 1. The summed E-state index contributed by atoms with van der Waals surface area (Å²) < 4.78 is 5.62. The van der Waals surface area contributed by atoms with Crippen molar-refractivity contribution in [3.05, 3.63) is 48.1 Å². The standard InChI is InChI=1S/C21H26O5/c1-5-6-7-8-19(23)26-18-10-9-15-11-17(22)16(13(2)20(24)25)12-21(15,4)14(18)3/h5-6,9-11,14,16,18H,2,7-8,12H2,1,3-4H3,(H,24,25). The van der Waals surface area contributed by atoms with Crippen molar-refractivity contribution in [1.29, 1.82) is 0 Å². The second-order valence-electron chi connectivity index (χ2n) is 7.22. The second kappa shape index (κ2) is 7.85. The minimum atomic E-state index is -1.16. The summed E-state index contributed by atoms with van der Waals surface area (Å²) in [6.07, 6.45) is 9.85. The molecule has 0 saturated carbocycles. The predicted octanol–water partition coefficient (Wildman–Crippen LogP) is 3.62. The Hall–Kier alpha value is -2.43. The average Bonchev–Trinajstić information content (AvgIpc) is 2.58. The van der Waals surface area contributed by atoms with Gasteiger partial charge in [-0.15, -0.1) is 0 Å². The van der Waals surface area contributed by atoms with Gasteiger partial charge in [-0.1, -0.05) is 38.7 Å². The van der Waals surface area contributed by atoms with E-state index in [1.165, 1.54) is 6.08 Å². The lowest BCUT2D eigenvalue weighted by atomic mass is 9.59. The van der Waals surface area contributed by atoms with Crippen LogP contribution in [0.25, 0.3) is 0 Å². The van der Waals surface area contributed by atoms with Gasteiger partial charge in [-0.3, -0.25) is 9.59 Å². The van der Waals surface area contributed by atoms with E-state index in [4.69, 9.17) is 4.74 Å². The molecule has 0 saturated heterocycles. The quantitative estimate of drug-likeness (QED) is 0.445. The number of ketones is 1. The maximum absolute atomic E-state index is 12.3. The smallest absolute Gasteiger partial charge is 0.331 e. The van der Waals surface area contributed by atoms with Crippen LogP contribution in [0, 0.1) is 17.3 Å². The minimum Gasteiger partial charge on any atom is -0.478 e. The van der Waals surface area contributed by atoms with Gasteiger partial charge in [0, 0.05) is 23.3 Å². The molecule has 2 aliphatic rings. The van der Waals surface area contributed by atoms with Crippen LogP contribution in [0.15, 0.2) is 48.1 Å². The average molecular weight is 358 g/mol. The summed E-state index contributed by atoms with van der Waals surface area (Å²) in [5.41, 5.74) is 0.304. The SMILES string of the molecule is C=C(C(=O)O)C1CC2(C)C(=CC1=O)C=CC(OC(=O)CCC=CC)C2C. The number of carboxylic acids is 1. The van der Waals surface area contributed by atoms with Crippen LogP contribution in [-0.4, -0.2) is 28.9 Å². The molecule has 140 valence electrons. The van der Waals surface area contributed by atoms with Crippen LogP contribution >= 0.6 is 0 Å². The van der Waals surface area contributed by atoms with Crippen molar-refractivity contribution >= 4 is 17.7 Å². The summed E-state index contributed by atoms with van der Waals surface area (Å²) >= 11 is 0. The van der Waals surface area contributed by atoms with Crippen LogP contribution in [0.5, 0.6) is 0 Å². The summed E-state index contributed by atoms with van der Waals surface area (Å²) in [5.74, 6) is -2.49. The molecule has 0 aliphatic heterocycles. The maximum Gasteiger partial charge on any atom is 0.331 e. The van der Waals surface area contributed by atoms with Crippen molar-refractivity contribution in [2.75, 3.05) is 0 Å². The van der Waals surface area contributed by atoms with E-state index in [-0.39, 0.29) is 23.2 Å². The highest BCUT2D eigenvalue weighted by molar-refractivity contribution is 6.02. The van der Waals surface area contributed by atoms with E-state index in [0.717, 1.165) is 5.57 Å². The Morgan fingerprint density at radius 3 is 2.77 bits per heavy atom. The van der Waals surface area contributed by atoms with Gasteiger partial charge < -0.3 is 9.84 Å². The molecule has 0 radical (unpaired) electrons. The number of carbonyl (C=O) groups excluding carboxylic acids is 2. The number of rotatable bonds is 6. The van der Waals surface area contributed by atoms with Crippen LogP contribution in [-0.2, 0) is 19.1 Å². The monoisotopic (exact) mass is 358 g/mol. The fourth-order valence-corrected chi connectivity index (χ4v) is 3.64. The van der Waals surface area contributed by atoms with Crippen molar-refractivity contribution in [3.63, 3.8) is 0 Å². The minimum absolute atomic E-state index is 0.0818. The van der Waals surface area contributed by atoms with Gasteiger partial charge in [0.05, 0.1) is 5.92 Å². The Labute approximate surface area is 154 Å². The lowest BCUT2D eigenvalue weighted by Crippen LogP contribution is -2.44. The first kappa shape index (κ1) is 19.9. The number of fused-ring (bicyclic) bond motifs is 1. The molecule has 0 amide bonds. The van der Waals surface area contributed by atoms with Gasteiger partial charge in [0.15, 0.2) is 5.78 Å². The normalized spacial score (nSPS) is 30.7. The third-order valence-electron chi connectivity index (χ3n) is 5.61. The van der Waals surface area contributed by atoms with E-state index < -0.39 is 23.4 Å². The van der Waals surface area contributed by atoms with Gasteiger partial charge in [-0.05, 0) is 37.5 Å². The number of hydrogen-bond acceptors (Lipinski definition) is 4. The molecule has 4 atom stereocenters. The van der Waals surface area contributed by atoms with Gasteiger partial charge in [0.2, 0.25) is 0 Å². The van der Waals surface area contributed by atoms with Crippen LogP contribution in [0.1, 0.15) is 40.0 Å². The van der Waals surface area contributed by atoms with E-state index in [1.54, 1.807) is 0 Å². The van der Waals surface area contributed by atoms with Gasteiger partial charge in [0.25, 0.3) is 0 Å². The van der Waals surface area contributed by atoms with E-state index in [9.17, 15) is 19.5 Å². The fourth-order valence-electron chi connectivity index (χ4n) is 3.64. The molecule has 0 spiro atoms. The molecule has 2 rings (SSSR count). The van der Waals surface area contributed by atoms with Crippen molar-refractivity contribution in [2.24, 2.45) is 17.3 Å². The van der Waals surface area contributed by atoms with Gasteiger partial charge in [-0.2, -0.15) is 0 Å². The number of allylic oxidation sites excluding steroid dienone is 5. The molecular formula is C21H26O5. The molecule has 26 heavy (non-hydrogen) atoms. The molecule has 0 aromatic rings. The van der Waals surface area contributed by atoms with Crippen LogP contribution in [0.3, 0.4) is 0 Å². The summed E-state index contributed by atoms with van der Waals surface area (Å²) in [6, 6.07) is 0. The van der Waals surface area contributed by atoms with Crippen LogP contribution in [0.2, 0.25) is 0 Å². The Morgan fingerprint density at radius 1 is 1.46 bits per heavy atom. The van der Waals surface area contributed by atoms with E-state index in [1.807, 2.05) is 45.1 Å². The zero-order valence-corrected chi connectivity index (χ0v) is 15.5. The van der Waals surface area contributed by atoms with Crippen molar-refractivity contribution in [1.82, 2.24) is 0 Å². The van der Waals surface area contributed by atoms with Crippen molar-refractivity contribution < 1.29 is 24.2 Å². The third-order valence-corrected chi connectivity index (χ3v) is 5.61. The van der Waals surface area contributed by atoms with Crippen molar-refractivity contribution in [2.45, 2.75) is 46.1 Å². The topological polar surface area (TPSA) is 80.7 Å². The molecule has 0 aromatic heterocycles. The van der Waals surface area contributed by atoms with Crippen molar-refractivity contribution in [3.8, 4) is 0 Å². The Kier molecular flexibility index (Phi) is 6.01. The molecule has 1 N–H and O–H groups in total. The number of aliphatic carboxylic acids is 1. The third kappa shape index (κ3) is 3.87. The predicted molar refractivity (Wildman–Crippen MR) is 98.3 cm³/mol. The highest BCUT2D eigenvalue weighted by Crippen LogP contribution is 2.50. The first-order valence-electron chi connectivity index (χ1n) is 8.87. The van der Waals surface area contributed by atoms with E-state index in [2.05, 4.69) is 6.58 Å². The molecule has 5 nitrogen and oxygen atoms in total. The number of carbonyl (C=O) groups is 3. The second-order valence-corrected chi connectivity index (χ2v) is 7.22. The number of carboxylic acid groups (broad SMARTS) is 1. The molecular weight excluding hydrogens is 332 g/mol.